The molecular formula is C15H28N2O3. The molecule has 0 aromatic heterocycles. The van der Waals surface area contributed by atoms with E-state index in [1.807, 2.05) is 6.92 Å². The first-order valence-electron chi connectivity index (χ1n) is 7.72. The normalized spacial score (nSPS) is 19.3. The number of rotatable bonds is 8. The summed E-state index contributed by atoms with van der Waals surface area (Å²) in [5.41, 5.74) is 5.37. The van der Waals surface area contributed by atoms with Gasteiger partial charge in [0, 0.05) is 13.1 Å². The average molecular weight is 284 g/mol. The molecule has 0 aliphatic heterocycles. The quantitative estimate of drug-likeness (QED) is 0.634. The molecule has 1 amide bonds. The molecule has 1 atom stereocenters. The molecule has 116 valence electrons. The number of nitrogens with one attached hydrogen (secondary N) is 1. The van der Waals surface area contributed by atoms with Crippen LogP contribution in [0, 0.1) is 11.3 Å². The van der Waals surface area contributed by atoms with Crippen LogP contribution in [0.5, 0.6) is 0 Å². The van der Waals surface area contributed by atoms with Crippen molar-refractivity contribution in [2.75, 3.05) is 13.1 Å². The highest BCUT2D eigenvalue weighted by molar-refractivity contribution is 5.79. The first kappa shape index (κ1) is 17.0. The maximum atomic E-state index is 12.1. The summed E-state index contributed by atoms with van der Waals surface area (Å²) in [5.74, 6) is -0.944. The molecule has 1 rings (SSSR count). The van der Waals surface area contributed by atoms with Gasteiger partial charge in [-0.15, -0.1) is 0 Å². The molecule has 1 fully saturated rings. The minimum absolute atomic E-state index is 0.0234. The van der Waals surface area contributed by atoms with Crippen molar-refractivity contribution < 1.29 is 14.7 Å². The molecule has 0 aromatic rings. The Morgan fingerprint density at radius 2 is 1.95 bits per heavy atom. The summed E-state index contributed by atoms with van der Waals surface area (Å²) in [4.78, 5) is 23.2. The highest BCUT2D eigenvalue weighted by atomic mass is 16.4. The lowest BCUT2D eigenvalue weighted by Gasteiger charge is -2.36. The highest BCUT2D eigenvalue weighted by Gasteiger charge is 2.35. The lowest BCUT2D eigenvalue weighted by atomic mass is 9.71. The number of amides is 1. The van der Waals surface area contributed by atoms with Crippen LogP contribution in [0.3, 0.4) is 0 Å². The maximum Gasteiger partial charge on any atom is 0.303 e. The van der Waals surface area contributed by atoms with Crippen molar-refractivity contribution >= 4 is 11.9 Å². The molecule has 1 unspecified atom stereocenters. The summed E-state index contributed by atoms with van der Waals surface area (Å²) in [7, 11) is 0. The fraction of sp³-hybridized carbons (Fsp3) is 0.867. The molecule has 4 N–H and O–H groups in total. The number of carboxylic acid groups (broad SMARTS) is 1. The molecule has 0 spiro atoms. The Morgan fingerprint density at radius 1 is 1.30 bits per heavy atom. The van der Waals surface area contributed by atoms with Gasteiger partial charge in [0.1, 0.15) is 0 Å². The Morgan fingerprint density at radius 3 is 2.45 bits per heavy atom. The Balaban J connectivity index is 2.57. The van der Waals surface area contributed by atoms with Gasteiger partial charge in [-0.2, -0.15) is 0 Å². The van der Waals surface area contributed by atoms with Gasteiger partial charge >= 0.3 is 5.97 Å². The molecule has 20 heavy (non-hydrogen) atoms. The summed E-state index contributed by atoms with van der Waals surface area (Å²) >= 11 is 0. The summed E-state index contributed by atoms with van der Waals surface area (Å²) in [6, 6.07) is 0. The molecular weight excluding hydrogens is 256 g/mol. The average Bonchev–Trinajstić information content (AvgIpc) is 2.42. The number of hydrogen-bond acceptors (Lipinski definition) is 3. The first-order chi connectivity index (χ1) is 9.53. The third kappa shape index (κ3) is 5.12. The molecule has 5 nitrogen and oxygen atoms in total. The second kappa shape index (κ2) is 8.25. The lowest BCUT2D eigenvalue weighted by Crippen LogP contribution is -2.43. The Bertz CT molecular complexity index is 325. The lowest BCUT2D eigenvalue weighted by molar-refractivity contribution is -0.141. The van der Waals surface area contributed by atoms with Gasteiger partial charge in [-0.3, -0.25) is 9.59 Å². The second-order valence-corrected chi connectivity index (χ2v) is 6.07. The molecule has 1 saturated carbocycles. The topological polar surface area (TPSA) is 92.4 Å². The van der Waals surface area contributed by atoms with E-state index in [1.54, 1.807) is 0 Å². The van der Waals surface area contributed by atoms with Crippen LogP contribution in [0.25, 0.3) is 0 Å². The summed E-state index contributed by atoms with van der Waals surface area (Å²) < 4.78 is 0. The monoisotopic (exact) mass is 284 g/mol. The zero-order valence-electron chi connectivity index (χ0n) is 12.5. The zero-order chi connectivity index (χ0) is 15.0. The predicted molar refractivity (Wildman–Crippen MR) is 78.2 cm³/mol. The minimum Gasteiger partial charge on any atom is -0.481 e. The van der Waals surface area contributed by atoms with E-state index in [2.05, 4.69) is 5.32 Å². The Kier molecular flexibility index (Phi) is 6.99. The highest BCUT2D eigenvalue weighted by Crippen LogP contribution is 2.38. The van der Waals surface area contributed by atoms with Gasteiger partial charge in [-0.1, -0.05) is 32.6 Å². The van der Waals surface area contributed by atoms with E-state index in [-0.39, 0.29) is 23.7 Å². The zero-order valence-corrected chi connectivity index (χ0v) is 12.5. The molecule has 0 bridgehead atoms. The minimum atomic E-state index is -0.773. The van der Waals surface area contributed by atoms with Crippen molar-refractivity contribution in [3.63, 3.8) is 0 Å². The van der Waals surface area contributed by atoms with Gasteiger partial charge in [0.05, 0.1) is 12.3 Å². The molecule has 0 radical (unpaired) electrons. The molecule has 1 aliphatic rings. The third-order valence-electron chi connectivity index (χ3n) is 4.37. The van der Waals surface area contributed by atoms with Crippen LogP contribution < -0.4 is 11.1 Å². The number of aliphatic carboxylic acids is 1. The molecule has 0 saturated heterocycles. The van der Waals surface area contributed by atoms with Gasteiger partial charge in [-0.05, 0) is 24.7 Å². The summed E-state index contributed by atoms with van der Waals surface area (Å²) in [6.07, 6.45) is 6.91. The van der Waals surface area contributed by atoms with Crippen LogP contribution >= 0.6 is 0 Å². The smallest absolute Gasteiger partial charge is 0.303 e. The van der Waals surface area contributed by atoms with Crippen molar-refractivity contribution in [2.45, 2.75) is 58.3 Å². The molecule has 0 heterocycles. The second-order valence-electron chi connectivity index (χ2n) is 6.07. The van der Waals surface area contributed by atoms with Gasteiger partial charge in [0.2, 0.25) is 5.91 Å². The van der Waals surface area contributed by atoms with Gasteiger partial charge in [0.15, 0.2) is 0 Å². The fourth-order valence-corrected chi connectivity index (χ4v) is 3.16. The Labute approximate surface area is 121 Å². The predicted octanol–water partition coefficient (Wildman–Crippen LogP) is 1.90. The van der Waals surface area contributed by atoms with Crippen molar-refractivity contribution in [3.05, 3.63) is 0 Å². The Hall–Kier alpha value is -1.10. The van der Waals surface area contributed by atoms with Crippen molar-refractivity contribution in [1.82, 2.24) is 5.32 Å². The van der Waals surface area contributed by atoms with Crippen molar-refractivity contribution in [2.24, 2.45) is 17.1 Å². The number of carboxylic acids is 1. The summed E-state index contributed by atoms with van der Waals surface area (Å²) in [5, 5.41) is 12.1. The van der Waals surface area contributed by atoms with E-state index in [1.165, 1.54) is 0 Å². The number of carbonyl (C=O) groups is 2. The molecule has 1 aliphatic carbocycles. The van der Waals surface area contributed by atoms with E-state index in [0.717, 1.165) is 44.9 Å². The molecule has 0 aromatic carbocycles. The standard InChI is InChI=1S/C15H28N2O3/c1-2-6-12(10-16)14(20)17-11-15(9-13(18)19)7-4-3-5-8-15/h12H,2-11,16H2,1H3,(H,17,20)(H,18,19). The number of hydrogen-bond donors (Lipinski definition) is 3. The van der Waals surface area contributed by atoms with E-state index in [4.69, 9.17) is 10.8 Å². The van der Waals surface area contributed by atoms with Crippen LogP contribution in [0.4, 0.5) is 0 Å². The van der Waals surface area contributed by atoms with Gasteiger partial charge < -0.3 is 16.2 Å². The number of carbonyl (C=O) groups excluding carboxylic acids is 1. The maximum absolute atomic E-state index is 12.1. The first-order valence-corrected chi connectivity index (χ1v) is 7.72. The SMILES string of the molecule is CCCC(CN)C(=O)NCC1(CC(=O)O)CCCCC1. The fourth-order valence-electron chi connectivity index (χ4n) is 3.16. The largest absolute Gasteiger partial charge is 0.481 e. The van der Waals surface area contributed by atoms with E-state index < -0.39 is 5.97 Å². The van der Waals surface area contributed by atoms with Crippen LogP contribution in [-0.2, 0) is 9.59 Å². The van der Waals surface area contributed by atoms with Crippen molar-refractivity contribution in [3.8, 4) is 0 Å². The van der Waals surface area contributed by atoms with Crippen LogP contribution in [0.15, 0.2) is 0 Å². The summed E-state index contributed by atoms with van der Waals surface area (Å²) in [6.45, 7) is 2.85. The van der Waals surface area contributed by atoms with Crippen LogP contribution in [0.1, 0.15) is 58.3 Å². The van der Waals surface area contributed by atoms with Crippen LogP contribution in [-0.4, -0.2) is 30.1 Å². The van der Waals surface area contributed by atoms with Crippen molar-refractivity contribution in [1.29, 1.82) is 0 Å². The number of nitrogens with two attached hydrogens (primary N) is 1. The van der Waals surface area contributed by atoms with Crippen LogP contribution in [0.2, 0.25) is 0 Å². The van der Waals surface area contributed by atoms with E-state index >= 15 is 0 Å². The van der Waals surface area contributed by atoms with Gasteiger partial charge in [-0.25, -0.2) is 0 Å². The van der Waals surface area contributed by atoms with E-state index in [0.29, 0.717) is 13.1 Å². The molecule has 5 heteroatoms. The third-order valence-corrected chi connectivity index (χ3v) is 4.37. The van der Waals surface area contributed by atoms with Gasteiger partial charge in [0.25, 0.3) is 0 Å². The van der Waals surface area contributed by atoms with E-state index in [9.17, 15) is 9.59 Å².